The summed E-state index contributed by atoms with van der Waals surface area (Å²) < 4.78 is 1.96. The number of rotatable bonds is 13. The van der Waals surface area contributed by atoms with Gasteiger partial charge in [0, 0.05) is 17.2 Å². The van der Waals surface area contributed by atoms with Gasteiger partial charge in [-0.05, 0) is 49.1 Å². The highest BCUT2D eigenvalue weighted by Crippen LogP contribution is 2.33. The van der Waals surface area contributed by atoms with Gasteiger partial charge in [0.1, 0.15) is 0 Å². The zero-order valence-corrected chi connectivity index (χ0v) is 24.7. The molecule has 1 heterocycles. The highest BCUT2D eigenvalue weighted by molar-refractivity contribution is 7.98. The fraction of sp³-hybridized carbons (Fsp3) is 0.323. The van der Waals surface area contributed by atoms with E-state index in [1.807, 2.05) is 28.8 Å². The lowest BCUT2D eigenvalue weighted by Crippen LogP contribution is -2.32. The number of carbonyl (C=O) groups excluding carboxylic acids is 1. The van der Waals surface area contributed by atoms with Gasteiger partial charge in [0.25, 0.3) is 0 Å². The van der Waals surface area contributed by atoms with E-state index in [1.54, 1.807) is 23.9 Å². The van der Waals surface area contributed by atoms with E-state index in [4.69, 9.17) is 23.2 Å². The van der Waals surface area contributed by atoms with Crippen molar-refractivity contribution in [3.8, 4) is 5.69 Å². The highest BCUT2D eigenvalue weighted by Gasteiger charge is 2.26. The van der Waals surface area contributed by atoms with E-state index in [0.29, 0.717) is 33.9 Å². The van der Waals surface area contributed by atoms with Gasteiger partial charge in [0.2, 0.25) is 5.91 Å². The summed E-state index contributed by atoms with van der Waals surface area (Å²) in [4.78, 5) is 13.1. The molecule has 0 fully saturated rings. The van der Waals surface area contributed by atoms with Crippen molar-refractivity contribution < 1.29 is 4.79 Å². The Hall–Kier alpha value is -2.80. The summed E-state index contributed by atoms with van der Waals surface area (Å²) in [6.07, 6.45) is 5.23. The van der Waals surface area contributed by atoms with Gasteiger partial charge >= 0.3 is 0 Å². The molecular formula is C31H34Cl2N4OS. The molecule has 1 atom stereocenters. The van der Waals surface area contributed by atoms with E-state index in [2.05, 4.69) is 65.8 Å². The third kappa shape index (κ3) is 8.34. The molecule has 0 saturated heterocycles. The van der Waals surface area contributed by atoms with Crippen LogP contribution in [0.15, 0.2) is 78.0 Å². The maximum atomic E-state index is 13.1. The summed E-state index contributed by atoms with van der Waals surface area (Å²) in [7, 11) is 0. The van der Waals surface area contributed by atoms with E-state index in [9.17, 15) is 4.79 Å². The molecule has 0 saturated carbocycles. The average Bonchev–Trinajstić information content (AvgIpc) is 3.34. The molecule has 3 aromatic carbocycles. The molecule has 1 unspecified atom stereocenters. The minimum absolute atomic E-state index is 0.0118. The lowest BCUT2D eigenvalue weighted by Gasteiger charge is -2.21. The third-order valence-corrected chi connectivity index (χ3v) is 7.98. The van der Waals surface area contributed by atoms with E-state index in [-0.39, 0.29) is 5.91 Å². The van der Waals surface area contributed by atoms with Crippen molar-refractivity contribution in [3.63, 3.8) is 0 Å². The quantitative estimate of drug-likeness (QED) is 0.127. The lowest BCUT2D eigenvalue weighted by atomic mass is 10.0. The summed E-state index contributed by atoms with van der Waals surface area (Å²) in [5.74, 6) is 1.37. The lowest BCUT2D eigenvalue weighted by molar-refractivity contribution is -0.122. The molecule has 0 aliphatic carbocycles. The Morgan fingerprint density at radius 2 is 1.74 bits per heavy atom. The van der Waals surface area contributed by atoms with E-state index >= 15 is 0 Å². The molecule has 0 aliphatic heterocycles. The summed E-state index contributed by atoms with van der Waals surface area (Å²) in [5, 5.41) is 14.2. The van der Waals surface area contributed by atoms with Gasteiger partial charge in [0.05, 0.1) is 16.8 Å². The van der Waals surface area contributed by atoms with Gasteiger partial charge in [-0.3, -0.25) is 9.36 Å². The Balaban J connectivity index is 1.70. The van der Waals surface area contributed by atoms with Crippen LogP contribution in [0.1, 0.15) is 67.6 Å². The first-order chi connectivity index (χ1) is 18.9. The van der Waals surface area contributed by atoms with Crippen molar-refractivity contribution >= 4 is 40.9 Å². The van der Waals surface area contributed by atoms with Crippen LogP contribution in [0.25, 0.3) is 5.69 Å². The van der Waals surface area contributed by atoms with E-state index in [1.165, 1.54) is 11.1 Å². The van der Waals surface area contributed by atoms with Crippen LogP contribution >= 0.6 is 35.0 Å². The first-order valence-corrected chi connectivity index (χ1v) is 15.1. The second-order valence-electron chi connectivity index (χ2n) is 9.67. The summed E-state index contributed by atoms with van der Waals surface area (Å²) in [6.45, 7) is 4.25. The molecule has 0 spiro atoms. The van der Waals surface area contributed by atoms with Crippen LogP contribution in [0.3, 0.4) is 0 Å². The largest absolute Gasteiger partial charge is 0.346 e. The molecular weight excluding hydrogens is 547 g/mol. The summed E-state index contributed by atoms with van der Waals surface area (Å²) in [6, 6.07) is 23.5. The maximum absolute atomic E-state index is 13.1. The molecule has 0 radical (unpaired) electrons. The zero-order valence-electron chi connectivity index (χ0n) is 22.4. The standard InChI is InChI=1S/C31H34Cl2N4OS/c1-3-4-5-9-15-29(38)34-27(19-23-12-7-6-8-13-23)30-35-36-31(39-21-24-14-10-11-22(2)18-24)37(30)28-17-16-25(32)20-26(28)33/h6-8,10-14,16-18,20,27H,3-5,9,15,19,21H2,1-2H3,(H,34,38). The SMILES string of the molecule is CCCCCCC(=O)NC(Cc1ccccc1)c1nnc(SCc2cccc(C)c2)n1-c1ccc(Cl)cc1Cl. The second kappa shape index (κ2) is 14.5. The number of amides is 1. The van der Waals surface area contributed by atoms with Crippen molar-refractivity contribution in [2.45, 2.75) is 69.3 Å². The molecule has 1 amide bonds. The Labute approximate surface area is 245 Å². The molecule has 39 heavy (non-hydrogen) atoms. The Kier molecular flexibility index (Phi) is 10.9. The highest BCUT2D eigenvalue weighted by atomic mass is 35.5. The fourth-order valence-corrected chi connectivity index (χ4v) is 5.86. The Bertz CT molecular complexity index is 1380. The molecule has 0 bridgehead atoms. The van der Waals surface area contributed by atoms with E-state index < -0.39 is 6.04 Å². The Morgan fingerprint density at radius 1 is 0.949 bits per heavy atom. The molecule has 1 aromatic heterocycles. The average molecular weight is 582 g/mol. The van der Waals surface area contributed by atoms with Crippen molar-refractivity contribution in [2.24, 2.45) is 0 Å². The number of nitrogens with zero attached hydrogens (tertiary/aromatic N) is 3. The first kappa shape index (κ1) is 29.2. The summed E-state index contributed by atoms with van der Waals surface area (Å²) >= 11 is 14.5. The summed E-state index contributed by atoms with van der Waals surface area (Å²) in [5.41, 5.74) is 4.22. The van der Waals surface area contributed by atoms with Crippen molar-refractivity contribution in [1.82, 2.24) is 20.1 Å². The molecule has 4 aromatic rings. The number of nitrogens with one attached hydrogen (secondary N) is 1. The first-order valence-electron chi connectivity index (χ1n) is 13.4. The molecule has 8 heteroatoms. The predicted octanol–water partition coefficient (Wildman–Crippen LogP) is 8.55. The number of halogens is 2. The monoisotopic (exact) mass is 580 g/mol. The van der Waals surface area contributed by atoms with Crippen molar-refractivity contribution in [1.29, 1.82) is 0 Å². The van der Waals surface area contributed by atoms with Crippen LogP contribution in [-0.4, -0.2) is 20.7 Å². The number of aromatic nitrogens is 3. The maximum Gasteiger partial charge on any atom is 0.220 e. The molecule has 5 nitrogen and oxygen atoms in total. The van der Waals surface area contributed by atoms with Gasteiger partial charge in [-0.25, -0.2) is 0 Å². The van der Waals surface area contributed by atoms with Crippen LogP contribution in [0.4, 0.5) is 0 Å². The van der Waals surface area contributed by atoms with Crippen LogP contribution < -0.4 is 5.32 Å². The topological polar surface area (TPSA) is 59.8 Å². The van der Waals surface area contributed by atoms with Gasteiger partial charge in [-0.1, -0.05) is 121 Å². The third-order valence-electron chi connectivity index (χ3n) is 6.45. The molecule has 1 N–H and O–H groups in total. The van der Waals surface area contributed by atoms with Crippen LogP contribution in [0.5, 0.6) is 0 Å². The van der Waals surface area contributed by atoms with Gasteiger partial charge in [0.15, 0.2) is 11.0 Å². The molecule has 204 valence electrons. The number of aryl methyl sites for hydroxylation is 1. The number of hydrogen-bond acceptors (Lipinski definition) is 4. The van der Waals surface area contributed by atoms with Crippen molar-refractivity contribution in [3.05, 3.63) is 105 Å². The number of thioether (sulfide) groups is 1. The predicted molar refractivity (Wildman–Crippen MR) is 162 cm³/mol. The Morgan fingerprint density at radius 3 is 2.49 bits per heavy atom. The zero-order chi connectivity index (χ0) is 27.6. The molecule has 0 aliphatic rings. The van der Waals surface area contributed by atoms with Crippen molar-refractivity contribution in [2.75, 3.05) is 0 Å². The minimum Gasteiger partial charge on any atom is -0.346 e. The molecule has 4 rings (SSSR count). The van der Waals surface area contributed by atoms with Crippen LogP contribution in [0.2, 0.25) is 10.0 Å². The fourth-order valence-electron chi connectivity index (χ4n) is 4.47. The van der Waals surface area contributed by atoms with Gasteiger partial charge in [-0.15, -0.1) is 10.2 Å². The number of benzene rings is 3. The van der Waals surface area contributed by atoms with E-state index in [0.717, 1.165) is 42.7 Å². The van der Waals surface area contributed by atoms with Gasteiger partial charge < -0.3 is 5.32 Å². The minimum atomic E-state index is -0.390. The smallest absolute Gasteiger partial charge is 0.220 e. The number of carbonyl (C=O) groups is 1. The normalized spacial score (nSPS) is 11.9. The number of hydrogen-bond donors (Lipinski definition) is 1. The number of unbranched alkanes of at least 4 members (excludes halogenated alkanes) is 3. The van der Waals surface area contributed by atoms with Crippen LogP contribution in [-0.2, 0) is 17.0 Å². The van der Waals surface area contributed by atoms with Crippen LogP contribution in [0, 0.1) is 6.92 Å². The second-order valence-corrected chi connectivity index (χ2v) is 11.5. The van der Waals surface area contributed by atoms with Gasteiger partial charge in [-0.2, -0.15) is 0 Å².